The van der Waals surface area contributed by atoms with Crippen LogP contribution in [0, 0.1) is 0 Å². The van der Waals surface area contributed by atoms with Crippen molar-refractivity contribution in [1.29, 1.82) is 0 Å². The number of H-pyrrole nitrogens is 1. The van der Waals surface area contributed by atoms with Crippen LogP contribution in [0.1, 0.15) is 18.9 Å². The van der Waals surface area contributed by atoms with E-state index in [-0.39, 0.29) is 17.3 Å². The average molecular weight is 415 g/mol. The van der Waals surface area contributed by atoms with Gasteiger partial charge in [0.05, 0.1) is 23.6 Å². The minimum atomic E-state index is -4.55. The maximum absolute atomic E-state index is 13.1. The largest absolute Gasteiger partial charge is 0.418 e. The average Bonchev–Trinajstić information content (AvgIpc) is 3.38. The molecule has 0 atom stereocenters. The van der Waals surface area contributed by atoms with Gasteiger partial charge in [-0.15, -0.1) is 0 Å². The summed E-state index contributed by atoms with van der Waals surface area (Å²) in [7, 11) is 0. The quantitative estimate of drug-likeness (QED) is 0.382. The van der Waals surface area contributed by atoms with E-state index in [1.54, 1.807) is 18.6 Å². The summed E-state index contributed by atoms with van der Waals surface area (Å²) < 4.78 is 46.4. The molecule has 0 radical (unpaired) electrons. The topological polar surface area (TPSA) is 81.0 Å². The fraction of sp³-hybridized carbons (Fsp3) is 0.294. The molecule has 0 fully saturated rings. The Labute approximate surface area is 164 Å². The number of alkyl halides is 3. The maximum atomic E-state index is 13.1. The molecule has 7 nitrogen and oxygen atoms in total. The van der Waals surface area contributed by atoms with Crippen LogP contribution in [0.4, 0.5) is 18.9 Å². The number of aliphatic imine (C=N–C) groups is 1. The SMILES string of the molecule is CCCOCC(=Nc1ccc(Cl)cc1C(F)(F)F)n1ccnc1.c1cn[nH]n1. The van der Waals surface area contributed by atoms with Gasteiger partial charge in [-0.1, -0.05) is 18.5 Å². The summed E-state index contributed by atoms with van der Waals surface area (Å²) in [5.74, 6) is 0.309. The predicted molar refractivity (Wildman–Crippen MR) is 98.7 cm³/mol. The second-order valence-corrected chi connectivity index (χ2v) is 5.80. The van der Waals surface area contributed by atoms with Gasteiger partial charge in [-0.05, 0) is 24.6 Å². The fourth-order valence-corrected chi connectivity index (χ4v) is 2.19. The molecule has 0 aliphatic carbocycles. The van der Waals surface area contributed by atoms with E-state index in [1.165, 1.54) is 29.2 Å². The van der Waals surface area contributed by atoms with E-state index in [0.717, 1.165) is 12.5 Å². The minimum absolute atomic E-state index is 0.00249. The zero-order valence-electron chi connectivity index (χ0n) is 14.9. The van der Waals surface area contributed by atoms with Crippen molar-refractivity contribution in [2.24, 2.45) is 4.99 Å². The van der Waals surface area contributed by atoms with Crippen molar-refractivity contribution < 1.29 is 17.9 Å². The molecule has 0 amide bonds. The smallest absolute Gasteiger partial charge is 0.374 e. The number of hydrogen-bond donors (Lipinski definition) is 1. The van der Waals surface area contributed by atoms with Gasteiger partial charge in [0, 0.05) is 24.0 Å². The molecule has 1 aromatic carbocycles. The normalized spacial score (nSPS) is 11.8. The third-order valence-corrected chi connectivity index (χ3v) is 3.46. The molecule has 0 spiro atoms. The Morgan fingerprint density at radius 3 is 2.54 bits per heavy atom. The Morgan fingerprint density at radius 1 is 1.25 bits per heavy atom. The highest BCUT2D eigenvalue weighted by molar-refractivity contribution is 6.30. The Kier molecular flexibility index (Phi) is 8.15. The Bertz CT molecular complexity index is 833. The van der Waals surface area contributed by atoms with Gasteiger partial charge in [-0.25, -0.2) is 9.98 Å². The van der Waals surface area contributed by atoms with Gasteiger partial charge in [0.25, 0.3) is 0 Å². The lowest BCUT2D eigenvalue weighted by atomic mass is 10.1. The van der Waals surface area contributed by atoms with Crippen molar-refractivity contribution in [3.8, 4) is 0 Å². The van der Waals surface area contributed by atoms with Gasteiger partial charge in [0.15, 0.2) is 0 Å². The fourth-order valence-electron chi connectivity index (χ4n) is 2.02. The van der Waals surface area contributed by atoms with Crippen LogP contribution in [-0.2, 0) is 10.9 Å². The highest BCUT2D eigenvalue weighted by atomic mass is 35.5. The molecule has 0 aliphatic heterocycles. The van der Waals surface area contributed by atoms with E-state index in [4.69, 9.17) is 16.3 Å². The second kappa shape index (κ2) is 10.6. The van der Waals surface area contributed by atoms with E-state index < -0.39 is 11.7 Å². The molecule has 11 heteroatoms. The summed E-state index contributed by atoms with van der Waals surface area (Å²) in [6.07, 6.45) is 3.98. The third kappa shape index (κ3) is 6.78. The number of aromatic nitrogens is 5. The molecule has 0 unspecified atom stereocenters. The van der Waals surface area contributed by atoms with Crippen molar-refractivity contribution in [2.75, 3.05) is 13.2 Å². The molecule has 3 rings (SSSR count). The molecular weight excluding hydrogens is 397 g/mol. The van der Waals surface area contributed by atoms with Crippen molar-refractivity contribution in [3.05, 3.63) is 59.9 Å². The monoisotopic (exact) mass is 414 g/mol. The first-order valence-electron chi connectivity index (χ1n) is 8.22. The number of rotatable bonds is 5. The van der Waals surface area contributed by atoms with Gasteiger partial charge < -0.3 is 4.74 Å². The van der Waals surface area contributed by atoms with E-state index in [1.807, 2.05) is 6.92 Å². The number of nitrogens with zero attached hydrogens (tertiary/aromatic N) is 5. The van der Waals surface area contributed by atoms with Crippen LogP contribution < -0.4 is 0 Å². The Morgan fingerprint density at radius 2 is 2.00 bits per heavy atom. The van der Waals surface area contributed by atoms with Gasteiger partial charge >= 0.3 is 6.18 Å². The van der Waals surface area contributed by atoms with Gasteiger partial charge in [-0.2, -0.15) is 28.6 Å². The van der Waals surface area contributed by atoms with Crippen LogP contribution in [0.3, 0.4) is 0 Å². The first-order valence-corrected chi connectivity index (χ1v) is 8.59. The number of imidazole rings is 1. The molecule has 3 aromatic rings. The highest BCUT2D eigenvalue weighted by Crippen LogP contribution is 2.38. The highest BCUT2D eigenvalue weighted by Gasteiger charge is 2.34. The lowest BCUT2D eigenvalue weighted by Crippen LogP contribution is -2.18. The van der Waals surface area contributed by atoms with Crippen LogP contribution in [-0.4, -0.2) is 44.0 Å². The van der Waals surface area contributed by atoms with Crippen LogP contribution in [0.15, 0.2) is 54.3 Å². The van der Waals surface area contributed by atoms with Crippen LogP contribution in [0.5, 0.6) is 0 Å². The van der Waals surface area contributed by atoms with E-state index >= 15 is 0 Å². The van der Waals surface area contributed by atoms with Gasteiger partial charge in [0.2, 0.25) is 0 Å². The lowest BCUT2D eigenvalue weighted by molar-refractivity contribution is -0.137. The van der Waals surface area contributed by atoms with E-state index in [0.29, 0.717) is 12.4 Å². The Balaban J connectivity index is 0.000000485. The second-order valence-electron chi connectivity index (χ2n) is 5.37. The summed E-state index contributed by atoms with van der Waals surface area (Å²) in [4.78, 5) is 8.00. The summed E-state index contributed by atoms with van der Waals surface area (Å²) in [5.41, 5.74) is -1.11. The van der Waals surface area contributed by atoms with Crippen molar-refractivity contribution in [3.63, 3.8) is 0 Å². The first kappa shape index (κ1) is 21.6. The molecular formula is C17H18ClF3N6O. The van der Waals surface area contributed by atoms with Crippen LogP contribution >= 0.6 is 11.6 Å². The number of halogens is 4. The molecule has 1 N–H and O–H groups in total. The standard InChI is InChI=1S/C15H15ClF3N3O.C2H3N3/c1-2-7-23-9-14(22-6-5-20-10-22)21-13-4-3-11(16)8-12(13)15(17,18)19;1-2-4-5-3-1/h3-6,8,10H,2,7,9H2,1H3;1-2H,(H,3,4,5). The first-order chi connectivity index (χ1) is 13.4. The Hall–Kier alpha value is -2.72. The third-order valence-electron chi connectivity index (χ3n) is 3.23. The van der Waals surface area contributed by atoms with Crippen molar-refractivity contribution in [1.82, 2.24) is 25.0 Å². The lowest BCUT2D eigenvalue weighted by Gasteiger charge is -2.13. The molecule has 0 saturated carbocycles. The molecule has 2 heterocycles. The molecule has 0 saturated heterocycles. The number of ether oxygens (including phenoxy) is 1. The number of benzene rings is 1. The number of aromatic amines is 1. The minimum Gasteiger partial charge on any atom is -0.374 e. The molecule has 0 aliphatic rings. The number of nitrogens with one attached hydrogen (secondary N) is 1. The number of hydrogen-bond acceptors (Lipinski definition) is 5. The van der Waals surface area contributed by atoms with E-state index in [9.17, 15) is 13.2 Å². The van der Waals surface area contributed by atoms with Crippen LogP contribution in [0.2, 0.25) is 5.02 Å². The predicted octanol–water partition coefficient (Wildman–Crippen LogP) is 4.36. The molecule has 28 heavy (non-hydrogen) atoms. The zero-order valence-corrected chi connectivity index (χ0v) is 15.7. The molecule has 150 valence electrons. The summed E-state index contributed by atoms with van der Waals surface area (Å²) in [6.45, 7) is 2.50. The van der Waals surface area contributed by atoms with Gasteiger partial charge in [-0.3, -0.25) is 4.57 Å². The van der Waals surface area contributed by atoms with E-state index in [2.05, 4.69) is 25.4 Å². The van der Waals surface area contributed by atoms with Crippen molar-refractivity contribution in [2.45, 2.75) is 19.5 Å². The van der Waals surface area contributed by atoms with Crippen LogP contribution in [0.25, 0.3) is 0 Å². The van der Waals surface area contributed by atoms with Gasteiger partial charge in [0.1, 0.15) is 18.8 Å². The molecule has 2 aromatic heterocycles. The molecule has 0 bridgehead atoms. The zero-order chi connectivity index (χ0) is 20.4. The maximum Gasteiger partial charge on any atom is 0.418 e. The summed E-state index contributed by atoms with van der Waals surface area (Å²) in [6, 6.07) is 3.47. The van der Waals surface area contributed by atoms with Crippen molar-refractivity contribution >= 4 is 23.1 Å². The summed E-state index contributed by atoms with van der Waals surface area (Å²) >= 11 is 5.67. The summed E-state index contributed by atoms with van der Waals surface area (Å²) in [5, 5.41) is 9.34.